The second-order valence-corrected chi connectivity index (χ2v) is 3.38. The molecule has 0 unspecified atom stereocenters. The quantitative estimate of drug-likeness (QED) is 0.437. The van der Waals surface area contributed by atoms with Crippen LogP contribution in [0.1, 0.15) is 23.2 Å². The monoisotopic (exact) mass is 230 g/mol. The molecule has 1 rings (SSSR count). The van der Waals surface area contributed by atoms with Gasteiger partial charge in [0.25, 0.3) is 0 Å². The predicted octanol–water partition coefficient (Wildman–Crippen LogP) is 3.77. The summed E-state index contributed by atoms with van der Waals surface area (Å²) in [6, 6.07) is 1.88. The zero-order valence-electron chi connectivity index (χ0n) is 7.90. The van der Waals surface area contributed by atoms with Crippen LogP contribution in [0.25, 0.3) is 0 Å². The molecule has 0 atom stereocenters. The molecule has 0 N–H and O–H groups in total. The van der Waals surface area contributed by atoms with Gasteiger partial charge in [0.05, 0.1) is 0 Å². The van der Waals surface area contributed by atoms with Gasteiger partial charge in [-0.05, 0) is 18.6 Å². The lowest BCUT2D eigenvalue weighted by atomic mass is 10.1. The SMILES string of the molecule is C=CCCC(=O)c1cc(F)c(Cl)c(F)c1. The summed E-state index contributed by atoms with van der Waals surface area (Å²) in [5, 5.41) is -0.588. The molecule has 0 aromatic heterocycles. The molecule has 80 valence electrons. The van der Waals surface area contributed by atoms with Gasteiger partial charge in [0.1, 0.15) is 16.7 Å². The molecule has 0 heterocycles. The van der Waals surface area contributed by atoms with E-state index in [4.69, 9.17) is 11.6 Å². The van der Waals surface area contributed by atoms with Gasteiger partial charge in [-0.25, -0.2) is 8.78 Å². The minimum atomic E-state index is -0.918. The lowest BCUT2D eigenvalue weighted by Crippen LogP contribution is -2.00. The summed E-state index contributed by atoms with van der Waals surface area (Å²) < 4.78 is 26.0. The van der Waals surface area contributed by atoms with Crippen molar-refractivity contribution in [3.63, 3.8) is 0 Å². The minimum absolute atomic E-state index is 0.00347. The normalized spacial score (nSPS) is 10.1. The molecule has 0 aliphatic rings. The Hall–Kier alpha value is -1.22. The van der Waals surface area contributed by atoms with Crippen molar-refractivity contribution >= 4 is 17.4 Å². The van der Waals surface area contributed by atoms with Crippen molar-refractivity contribution in [2.75, 3.05) is 0 Å². The average Bonchev–Trinajstić information content (AvgIpc) is 2.21. The molecule has 0 amide bonds. The third kappa shape index (κ3) is 2.86. The summed E-state index contributed by atoms with van der Waals surface area (Å²) in [5.41, 5.74) is -0.00347. The third-order valence-electron chi connectivity index (χ3n) is 1.88. The topological polar surface area (TPSA) is 17.1 Å². The number of benzene rings is 1. The molecule has 0 radical (unpaired) electrons. The highest BCUT2D eigenvalue weighted by Crippen LogP contribution is 2.21. The maximum atomic E-state index is 13.0. The Morgan fingerprint density at radius 2 is 1.93 bits per heavy atom. The largest absolute Gasteiger partial charge is 0.294 e. The van der Waals surface area contributed by atoms with Crippen LogP contribution in [0.2, 0.25) is 5.02 Å². The number of ketones is 1. The van der Waals surface area contributed by atoms with Gasteiger partial charge < -0.3 is 0 Å². The molecule has 0 bridgehead atoms. The Bertz CT molecular complexity index is 379. The Morgan fingerprint density at radius 1 is 1.40 bits per heavy atom. The van der Waals surface area contributed by atoms with Gasteiger partial charge in [0, 0.05) is 12.0 Å². The van der Waals surface area contributed by atoms with Crippen LogP contribution < -0.4 is 0 Å². The van der Waals surface area contributed by atoms with Gasteiger partial charge >= 0.3 is 0 Å². The number of hydrogen-bond acceptors (Lipinski definition) is 1. The molecule has 1 nitrogen and oxygen atoms in total. The molecule has 4 heteroatoms. The molecule has 0 aliphatic carbocycles. The van der Waals surface area contributed by atoms with Crippen molar-refractivity contribution < 1.29 is 13.6 Å². The Labute approximate surface area is 91.4 Å². The lowest BCUT2D eigenvalue weighted by molar-refractivity contribution is 0.0983. The van der Waals surface area contributed by atoms with Crippen LogP contribution in [0.15, 0.2) is 24.8 Å². The third-order valence-corrected chi connectivity index (χ3v) is 2.24. The average molecular weight is 231 g/mol. The molecule has 15 heavy (non-hydrogen) atoms. The standard InChI is InChI=1S/C11H9ClF2O/c1-2-3-4-10(15)7-5-8(13)11(12)9(14)6-7/h2,5-6H,1,3-4H2. The van der Waals surface area contributed by atoms with Crippen molar-refractivity contribution in [1.29, 1.82) is 0 Å². The molecule has 1 aromatic rings. The highest BCUT2D eigenvalue weighted by atomic mass is 35.5. The van der Waals surface area contributed by atoms with Crippen LogP contribution in [0.3, 0.4) is 0 Å². The minimum Gasteiger partial charge on any atom is -0.294 e. The summed E-state index contributed by atoms with van der Waals surface area (Å²) in [4.78, 5) is 11.4. The maximum absolute atomic E-state index is 13.0. The van der Waals surface area contributed by atoms with E-state index < -0.39 is 16.7 Å². The summed E-state index contributed by atoms with van der Waals surface area (Å²) in [7, 11) is 0. The van der Waals surface area contributed by atoms with Crippen LogP contribution in [0, 0.1) is 11.6 Å². The molecule has 0 saturated carbocycles. The second-order valence-electron chi connectivity index (χ2n) is 3.00. The van der Waals surface area contributed by atoms with E-state index >= 15 is 0 Å². The zero-order valence-corrected chi connectivity index (χ0v) is 8.65. The fourth-order valence-electron chi connectivity index (χ4n) is 1.09. The van der Waals surface area contributed by atoms with Crippen LogP contribution in [0.4, 0.5) is 8.78 Å². The van der Waals surface area contributed by atoms with Crippen LogP contribution in [0.5, 0.6) is 0 Å². The number of halogens is 3. The summed E-state index contributed by atoms with van der Waals surface area (Å²) >= 11 is 5.28. The van der Waals surface area contributed by atoms with E-state index in [-0.39, 0.29) is 17.8 Å². The molecular weight excluding hydrogens is 222 g/mol. The van der Waals surface area contributed by atoms with E-state index in [1.165, 1.54) is 0 Å². The van der Waals surface area contributed by atoms with E-state index in [2.05, 4.69) is 6.58 Å². The molecular formula is C11H9ClF2O. The Kier molecular flexibility index (Phi) is 3.97. The molecule has 0 saturated heterocycles. The Balaban J connectivity index is 2.95. The first kappa shape index (κ1) is 11.9. The molecule has 0 fully saturated rings. The smallest absolute Gasteiger partial charge is 0.163 e. The number of allylic oxidation sites excluding steroid dienone is 1. The molecule has 0 spiro atoms. The number of carbonyl (C=O) groups is 1. The van der Waals surface area contributed by atoms with Crippen molar-refractivity contribution in [1.82, 2.24) is 0 Å². The maximum Gasteiger partial charge on any atom is 0.163 e. The van der Waals surface area contributed by atoms with Crippen molar-refractivity contribution in [2.24, 2.45) is 0 Å². The van der Waals surface area contributed by atoms with Gasteiger partial charge in [-0.15, -0.1) is 6.58 Å². The number of carbonyl (C=O) groups excluding carboxylic acids is 1. The van der Waals surface area contributed by atoms with E-state index in [1.807, 2.05) is 0 Å². The van der Waals surface area contributed by atoms with Crippen molar-refractivity contribution in [3.05, 3.63) is 47.0 Å². The summed E-state index contributed by atoms with van der Waals surface area (Å²) in [6.07, 6.45) is 2.23. The van der Waals surface area contributed by atoms with Crippen LogP contribution in [-0.4, -0.2) is 5.78 Å². The fourth-order valence-corrected chi connectivity index (χ4v) is 1.20. The van der Waals surface area contributed by atoms with E-state index in [1.54, 1.807) is 6.08 Å². The summed E-state index contributed by atoms with van der Waals surface area (Å²) in [5.74, 6) is -2.17. The van der Waals surface area contributed by atoms with Gasteiger partial charge in [-0.2, -0.15) is 0 Å². The number of hydrogen-bond donors (Lipinski definition) is 0. The molecule has 1 aromatic carbocycles. The zero-order chi connectivity index (χ0) is 11.4. The number of rotatable bonds is 4. The fraction of sp³-hybridized carbons (Fsp3) is 0.182. The Morgan fingerprint density at radius 3 is 2.40 bits per heavy atom. The first-order valence-electron chi connectivity index (χ1n) is 4.35. The van der Waals surface area contributed by atoms with Crippen LogP contribution >= 0.6 is 11.6 Å². The van der Waals surface area contributed by atoms with E-state index in [0.29, 0.717) is 6.42 Å². The van der Waals surface area contributed by atoms with Gasteiger partial charge in [0.2, 0.25) is 0 Å². The van der Waals surface area contributed by atoms with Crippen molar-refractivity contribution in [2.45, 2.75) is 12.8 Å². The first-order valence-corrected chi connectivity index (χ1v) is 4.72. The van der Waals surface area contributed by atoms with Gasteiger partial charge in [-0.3, -0.25) is 4.79 Å². The van der Waals surface area contributed by atoms with Gasteiger partial charge in [0.15, 0.2) is 5.78 Å². The second kappa shape index (κ2) is 5.03. The highest BCUT2D eigenvalue weighted by molar-refractivity contribution is 6.31. The van der Waals surface area contributed by atoms with Crippen molar-refractivity contribution in [3.8, 4) is 0 Å². The van der Waals surface area contributed by atoms with E-state index in [0.717, 1.165) is 12.1 Å². The van der Waals surface area contributed by atoms with E-state index in [9.17, 15) is 13.6 Å². The summed E-state index contributed by atoms with van der Waals surface area (Å²) in [6.45, 7) is 3.45. The number of Topliss-reactive ketones (excluding diaryl/α,β-unsaturated/α-hetero) is 1. The predicted molar refractivity (Wildman–Crippen MR) is 55.1 cm³/mol. The first-order chi connectivity index (χ1) is 7.06. The van der Waals surface area contributed by atoms with Gasteiger partial charge in [-0.1, -0.05) is 17.7 Å². The lowest BCUT2D eigenvalue weighted by Gasteiger charge is -2.02. The molecule has 0 aliphatic heterocycles. The van der Waals surface area contributed by atoms with Crippen LogP contribution in [-0.2, 0) is 0 Å². The highest BCUT2D eigenvalue weighted by Gasteiger charge is 2.12.